The number of nitrogen functional groups attached to an aromatic ring is 2. The van der Waals surface area contributed by atoms with Gasteiger partial charge < -0.3 is 16.2 Å². The van der Waals surface area contributed by atoms with E-state index in [9.17, 15) is 5.26 Å². The summed E-state index contributed by atoms with van der Waals surface area (Å²) in [7, 11) is 0. The summed E-state index contributed by atoms with van der Waals surface area (Å²) < 4.78 is 6.15. The van der Waals surface area contributed by atoms with E-state index in [1.165, 1.54) is 0 Å². The standard InChI is InChI=1S/C20H18N4O/c1-2-5-13-14-9-8-11-6-3-4-7-12(11)18(14)25-20-16(13)17(22)15(10-21)19(23)24-20/h3-4,6-9,13H,2,5H2,1H3,(H4,22,23,24). The number of nitrogens with zero attached hydrogens (tertiary/aromatic N) is 2. The normalized spacial score (nSPS) is 15.1. The Labute approximate surface area is 145 Å². The molecule has 0 aliphatic carbocycles. The average molecular weight is 330 g/mol. The fourth-order valence-electron chi connectivity index (χ4n) is 3.63. The molecule has 0 bridgehead atoms. The maximum Gasteiger partial charge on any atom is 0.227 e. The topological polar surface area (TPSA) is 98.0 Å². The fourth-order valence-corrected chi connectivity index (χ4v) is 3.63. The van der Waals surface area contributed by atoms with E-state index in [1.807, 2.05) is 18.2 Å². The number of nitriles is 1. The Bertz CT molecular complexity index is 1040. The number of benzene rings is 2. The van der Waals surface area contributed by atoms with Crippen LogP contribution >= 0.6 is 0 Å². The zero-order valence-electron chi connectivity index (χ0n) is 13.9. The van der Waals surface area contributed by atoms with Crippen LogP contribution in [0.15, 0.2) is 36.4 Å². The van der Waals surface area contributed by atoms with E-state index in [0.717, 1.165) is 40.5 Å². The minimum absolute atomic E-state index is 0.0357. The van der Waals surface area contributed by atoms with Gasteiger partial charge in [-0.3, -0.25) is 0 Å². The molecule has 2 aromatic carbocycles. The molecule has 25 heavy (non-hydrogen) atoms. The van der Waals surface area contributed by atoms with Crippen LogP contribution in [0, 0.1) is 11.3 Å². The number of hydrogen-bond acceptors (Lipinski definition) is 5. The SMILES string of the molecule is CCCC1c2ccc3ccccc3c2Oc2nc(N)c(C#N)c(N)c21. The number of aromatic nitrogens is 1. The molecule has 0 saturated carbocycles. The van der Waals surface area contributed by atoms with Crippen molar-refractivity contribution in [2.24, 2.45) is 0 Å². The third kappa shape index (κ3) is 2.18. The predicted octanol–water partition coefficient (Wildman–Crippen LogP) is 4.31. The van der Waals surface area contributed by atoms with E-state index in [2.05, 4.69) is 36.2 Å². The van der Waals surface area contributed by atoms with E-state index in [1.54, 1.807) is 0 Å². The molecular formula is C20H18N4O. The molecule has 4 N–H and O–H groups in total. The Morgan fingerprint density at radius 2 is 2.00 bits per heavy atom. The number of fused-ring (bicyclic) bond motifs is 4. The van der Waals surface area contributed by atoms with Gasteiger partial charge in [-0.2, -0.15) is 10.2 Å². The first-order valence-corrected chi connectivity index (χ1v) is 8.34. The average Bonchev–Trinajstić information content (AvgIpc) is 2.61. The molecule has 2 heterocycles. The van der Waals surface area contributed by atoms with Crippen molar-refractivity contribution < 1.29 is 4.74 Å². The van der Waals surface area contributed by atoms with Gasteiger partial charge >= 0.3 is 0 Å². The molecule has 1 aromatic heterocycles. The van der Waals surface area contributed by atoms with Crippen molar-refractivity contribution in [2.45, 2.75) is 25.7 Å². The van der Waals surface area contributed by atoms with Crippen LogP contribution in [0.25, 0.3) is 10.8 Å². The lowest BCUT2D eigenvalue weighted by atomic mass is 9.83. The second-order valence-electron chi connectivity index (χ2n) is 6.26. The molecule has 124 valence electrons. The quantitative estimate of drug-likeness (QED) is 0.729. The van der Waals surface area contributed by atoms with Gasteiger partial charge in [0.05, 0.1) is 5.69 Å². The highest BCUT2D eigenvalue weighted by Crippen LogP contribution is 2.51. The number of hydrogen-bond donors (Lipinski definition) is 2. The molecule has 0 saturated heterocycles. The zero-order chi connectivity index (χ0) is 17.6. The highest BCUT2D eigenvalue weighted by Gasteiger charge is 2.33. The lowest BCUT2D eigenvalue weighted by Gasteiger charge is -2.30. The van der Waals surface area contributed by atoms with Gasteiger partial charge in [0.2, 0.25) is 5.88 Å². The van der Waals surface area contributed by atoms with Crippen molar-refractivity contribution in [1.29, 1.82) is 5.26 Å². The third-order valence-corrected chi connectivity index (χ3v) is 4.79. The van der Waals surface area contributed by atoms with Gasteiger partial charge in [0.15, 0.2) is 0 Å². The number of pyridine rings is 1. The number of rotatable bonds is 2. The lowest BCUT2D eigenvalue weighted by Crippen LogP contribution is -2.16. The highest BCUT2D eigenvalue weighted by atomic mass is 16.5. The van der Waals surface area contributed by atoms with Crippen molar-refractivity contribution in [2.75, 3.05) is 11.5 Å². The fraction of sp³-hybridized carbons (Fsp3) is 0.200. The second-order valence-corrected chi connectivity index (χ2v) is 6.26. The largest absolute Gasteiger partial charge is 0.438 e. The smallest absolute Gasteiger partial charge is 0.227 e. The first kappa shape index (κ1) is 15.3. The maximum atomic E-state index is 9.36. The third-order valence-electron chi connectivity index (χ3n) is 4.79. The van der Waals surface area contributed by atoms with Gasteiger partial charge in [0.25, 0.3) is 0 Å². The number of anilines is 2. The van der Waals surface area contributed by atoms with Crippen LogP contribution < -0.4 is 16.2 Å². The van der Waals surface area contributed by atoms with Crippen LogP contribution in [0.1, 0.15) is 42.4 Å². The lowest BCUT2D eigenvalue weighted by molar-refractivity contribution is 0.428. The molecule has 5 nitrogen and oxygen atoms in total. The highest BCUT2D eigenvalue weighted by molar-refractivity contribution is 5.91. The molecule has 1 unspecified atom stereocenters. The molecule has 1 aliphatic rings. The minimum Gasteiger partial charge on any atom is -0.438 e. The molecule has 0 amide bonds. The van der Waals surface area contributed by atoms with Crippen molar-refractivity contribution in [1.82, 2.24) is 4.98 Å². The Morgan fingerprint density at radius 1 is 1.20 bits per heavy atom. The molecule has 5 heteroatoms. The van der Waals surface area contributed by atoms with E-state index in [0.29, 0.717) is 11.6 Å². The summed E-state index contributed by atoms with van der Waals surface area (Å²) in [5.74, 6) is 1.36. The second kappa shape index (κ2) is 5.67. The maximum absolute atomic E-state index is 9.36. The molecule has 0 radical (unpaired) electrons. The van der Waals surface area contributed by atoms with E-state index >= 15 is 0 Å². The Kier molecular flexibility index (Phi) is 3.47. The summed E-state index contributed by atoms with van der Waals surface area (Å²) in [5, 5.41) is 11.5. The molecule has 0 spiro atoms. The van der Waals surface area contributed by atoms with Gasteiger partial charge in [0.1, 0.15) is 23.2 Å². The van der Waals surface area contributed by atoms with Crippen LogP contribution in [0.4, 0.5) is 11.5 Å². The first-order valence-electron chi connectivity index (χ1n) is 8.34. The van der Waals surface area contributed by atoms with Gasteiger partial charge in [-0.1, -0.05) is 49.7 Å². The van der Waals surface area contributed by atoms with Gasteiger partial charge in [0, 0.05) is 22.4 Å². The minimum atomic E-state index is 0.0357. The Balaban J connectivity index is 2.03. The molecule has 0 fully saturated rings. The Morgan fingerprint density at radius 3 is 2.76 bits per heavy atom. The van der Waals surface area contributed by atoms with E-state index < -0.39 is 0 Å². The monoisotopic (exact) mass is 330 g/mol. The van der Waals surface area contributed by atoms with Crippen LogP contribution in [-0.2, 0) is 0 Å². The summed E-state index contributed by atoms with van der Waals surface area (Å²) in [6, 6.07) is 14.3. The molecule has 1 aliphatic heterocycles. The van der Waals surface area contributed by atoms with Crippen LogP contribution in [-0.4, -0.2) is 4.98 Å². The molecule has 4 rings (SSSR count). The predicted molar refractivity (Wildman–Crippen MR) is 98.5 cm³/mol. The van der Waals surface area contributed by atoms with E-state index in [4.69, 9.17) is 16.2 Å². The van der Waals surface area contributed by atoms with E-state index in [-0.39, 0.29) is 17.3 Å². The van der Waals surface area contributed by atoms with Gasteiger partial charge in [-0.05, 0) is 11.8 Å². The van der Waals surface area contributed by atoms with Crippen molar-refractivity contribution in [3.8, 4) is 17.7 Å². The van der Waals surface area contributed by atoms with Gasteiger partial charge in [-0.15, -0.1) is 0 Å². The summed E-state index contributed by atoms with van der Waals surface area (Å²) in [6.07, 6.45) is 1.87. The van der Waals surface area contributed by atoms with Crippen molar-refractivity contribution >= 4 is 22.3 Å². The van der Waals surface area contributed by atoms with Crippen LogP contribution in [0.3, 0.4) is 0 Å². The summed E-state index contributed by atoms with van der Waals surface area (Å²) in [5.41, 5.74) is 14.7. The number of ether oxygens (including phenoxy) is 1. The van der Waals surface area contributed by atoms with Crippen molar-refractivity contribution in [3.63, 3.8) is 0 Å². The molecular weight excluding hydrogens is 312 g/mol. The summed E-state index contributed by atoms with van der Waals surface area (Å²) in [6.45, 7) is 2.13. The first-order chi connectivity index (χ1) is 12.2. The zero-order valence-corrected chi connectivity index (χ0v) is 13.9. The van der Waals surface area contributed by atoms with Gasteiger partial charge in [-0.25, -0.2) is 0 Å². The Hall–Kier alpha value is -3.26. The molecule has 1 atom stereocenters. The van der Waals surface area contributed by atoms with Crippen LogP contribution in [0.2, 0.25) is 0 Å². The molecule has 3 aromatic rings. The number of nitrogens with two attached hydrogens (primary N) is 2. The summed E-state index contributed by atoms with van der Waals surface area (Å²) in [4.78, 5) is 4.34. The van der Waals surface area contributed by atoms with Crippen molar-refractivity contribution in [3.05, 3.63) is 53.1 Å². The summed E-state index contributed by atoms with van der Waals surface area (Å²) >= 11 is 0. The van der Waals surface area contributed by atoms with Crippen LogP contribution in [0.5, 0.6) is 11.6 Å².